The number of nitrogens with two attached hydrogens (primary N) is 1. The SMILES string of the molecule is NC1CCCNC1c1ccc(F)c(F)c1. The van der Waals surface area contributed by atoms with Gasteiger partial charge in [-0.05, 0) is 37.1 Å². The minimum absolute atomic E-state index is 0.0244. The molecule has 15 heavy (non-hydrogen) atoms. The van der Waals surface area contributed by atoms with Crippen molar-refractivity contribution in [2.75, 3.05) is 6.54 Å². The molecule has 0 aromatic heterocycles. The summed E-state index contributed by atoms with van der Waals surface area (Å²) in [5.74, 6) is -1.63. The Labute approximate surface area is 87.5 Å². The molecular formula is C11H14F2N2. The quantitative estimate of drug-likeness (QED) is 0.743. The highest BCUT2D eigenvalue weighted by molar-refractivity contribution is 5.23. The summed E-state index contributed by atoms with van der Waals surface area (Å²) in [7, 11) is 0. The van der Waals surface area contributed by atoms with Crippen molar-refractivity contribution in [3.05, 3.63) is 35.4 Å². The Morgan fingerprint density at radius 3 is 2.73 bits per heavy atom. The molecule has 2 rings (SSSR count). The van der Waals surface area contributed by atoms with Crippen molar-refractivity contribution >= 4 is 0 Å². The lowest BCUT2D eigenvalue weighted by atomic mass is 9.93. The number of benzene rings is 1. The zero-order chi connectivity index (χ0) is 10.8. The van der Waals surface area contributed by atoms with Crippen LogP contribution in [0.15, 0.2) is 18.2 Å². The third-order valence-electron chi connectivity index (χ3n) is 2.81. The highest BCUT2D eigenvalue weighted by Crippen LogP contribution is 2.23. The smallest absolute Gasteiger partial charge is 0.159 e. The van der Waals surface area contributed by atoms with E-state index in [0.717, 1.165) is 31.0 Å². The Hall–Kier alpha value is -1.00. The topological polar surface area (TPSA) is 38.0 Å². The van der Waals surface area contributed by atoms with Gasteiger partial charge in [0.25, 0.3) is 0 Å². The fourth-order valence-electron chi connectivity index (χ4n) is 1.98. The molecule has 1 aliphatic rings. The van der Waals surface area contributed by atoms with Crippen LogP contribution in [0, 0.1) is 11.6 Å². The molecule has 0 saturated carbocycles. The molecular weight excluding hydrogens is 198 g/mol. The molecule has 1 aromatic rings. The van der Waals surface area contributed by atoms with Crippen LogP contribution in [0.2, 0.25) is 0 Å². The maximum atomic E-state index is 13.0. The number of piperidine rings is 1. The van der Waals surface area contributed by atoms with E-state index in [1.807, 2.05) is 0 Å². The third-order valence-corrected chi connectivity index (χ3v) is 2.81. The summed E-state index contributed by atoms with van der Waals surface area (Å²) in [5, 5.41) is 3.22. The molecule has 1 fully saturated rings. The second kappa shape index (κ2) is 4.24. The summed E-state index contributed by atoms with van der Waals surface area (Å²) in [5.41, 5.74) is 6.64. The first-order valence-electron chi connectivity index (χ1n) is 5.12. The Bertz CT molecular complexity index is 354. The molecule has 0 spiro atoms. The minimum atomic E-state index is -0.817. The van der Waals surface area contributed by atoms with Crippen LogP contribution in [0.3, 0.4) is 0 Å². The molecule has 2 unspecified atom stereocenters. The normalized spacial score (nSPS) is 26.6. The fraction of sp³-hybridized carbons (Fsp3) is 0.455. The van der Waals surface area contributed by atoms with E-state index < -0.39 is 11.6 Å². The van der Waals surface area contributed by atoms with Gasteiger partial charge in [-0.25, -0.2) is 8.78 Å². The van der Waals surface area contributed by atoms with E-state index in [1.165, 1.54) is 6.07 Å². The molecule has 2 atom stereocenters. The van der Waals surface area contributed by atoms with E-state index in [4.69, 9.17) is 5.73 Å². The van der Waals surface area contributed by atoms with E-state index in [9.17, 15) is 8.78 Å². The van der Waals surface area contributed by atoms with E-state index >= 15 is 0 Å². The first-order chi connectivity index (χ1) is 7.18. The summed E-state index contributed by atoms with van der Waals surface area (Å²) in [6.07, 6.45) is 1.94. The average Bonchev–Trinajstić information content (AvgIpc) is 2.23. The van der Waals surface area contributed by atoms with Gasteiger partial charge >= 0.3 is 0 Å². The van der Waals surface area contributed by atoms with Gasteiger partial charge in [-0.1, -0.05) is 6.07 Å². The summed E-state index contributed by atoms with van der Waals surface area (Å²) in [6, 6.07) is 3.87. The van der Waals surface area contributed by atoms with Gasteiger partial charge < -0.3 is 11.1 Å². The van der Waals surface area contributed by atoms with E-state index in [2.05, 4.69) is 5.32 Å². The van der Waals surface area contributed by atoms with Gasteiger partial charge in [0.1, 0.15) is 0 Å². The van der Waals surface area contributed by atoms with Gasteiger partial charge in [0, 0.05) is 12.1 Å². The number of hydrogen-bond acceptors (Lipinski definition) is 2. The van der Waals surface area contributed by atoms with Gasteiger partial charge in [0.2, 0.25) is 0 Å². The van der Waals surface area contributed by atoms with Crippen molar-refractivity contribution in [2.24, 2.45) is 5.73 Å². The molecule has 1 aromatic carbocycles. The summed E-state index contributed by atoms with van der Waals surface area (Å²) in [4.78, 5) is 0. The second-order valence-electron chi connectivity index (χ2n) is 3.91. The predicted molar refractivity (Wildman–Crippen MR) is 54.3 cm³/mol. The molecule has 0 radical (unpaired) electrons. The first-order valence-corrected chi connectivity index (χ1v) is 5.12. The molecule has 0 aliphatic carbocycles. The maximum Gasteiger partial charge on any atom is 0.159 e. The van der Waals surface area contributed by atoms with Crippen LogP contribution < -0.4 is 11.1 Å². The van der Waals surface area contributed by atoms with Crippen molar-refractivity contribution in [1.82, 2.24) is 5.32 Å². The Morgan fingerprint density at radius 2 is 2.07 bits per heavy atom. The summed E-state index contributed by atoms with van der Waals surface area (Å²) in [6.45, 7) is 0.872. The van der Waals surface area contributed by atoms with Gasteiger partial charge in [0.15, 0.2) is 11.6 Å². The van der Waals surface area contributed by atoms with Crippen molar-refractivity contribution in [3.63, 3.8) is 0 Å². The fourth-order valence-corrected chi connectivity index (χ4v) is 1.98. The van der Waals surface area contributed by atoms with Gasteiger partial charge in [0.05, 0.1) is 0 Å². The first kappa shape index (κ1) is 10.5. The molecule has 1 aliphatic heterocycles. The highest BCUT2D eigenvalue weighted by Gasteiger charge is 2.23. The molecule has 0 bridgehead atoms. The summed E-state index contributed by atoms with van der Waals surface area (Å²) < 4.78 is 25.8. The van der Waals surface area contributed by atoms with Crippen LogP contribution in [-0.4, -0.2) is 12.6 Å². The average molecular weight is 212 g/mol. The minimum Gasteiger partial charge on any atom is -0.326 e. The van der Waals surface area contributed by atoms with Gasteiger partial charge in [-0.15, -0.1) is 0 Å². The standard InChI is InChI=1S/C11H14F2N2/c12-8-4-3-7(6-9(8)13)11-10(14)2-1-5-15-11/h3-4,6,10-11,15H,1-2,5,14H2. The largest absolute Gasteiger partial charge is 0.326 e. The second-order valence-corrected chi connectivity index (χ2v) is 3.91. The summed E-state index contributed by atoms with van der Waals surface area (Å²) >= 11 is 0. The Kier molecular flexibility index (Phi) is 2.98. The third kappa shape index (κ3) is 2.16. The van der Waals surface area contributed by atoms with Crippen molar-refractivity contribution in [1.29, 1.82) is 0 Å². The lowest BCUT2D eigenvalue weighted by molar-refractivity contribution is 0.356. The van der Waals surface area contributed by atoms with E-state index in [-0.39, 0.29) is 12.1 Å². The van der Waals surface area contributed by atoms with Crippen molar-refractivity contribution in [3.8, 4) is 0 Å². The molecule has 2 nitrogen and oxygen atoms in total. The Morgan fingerprint density at radius 1 is 1.27 bits per heavy atom. The molecule has 82 valence electrons. The van der Waals surface area contributed by atoms with Crippen LogP contribution in [0.5, 0.6) is 0 Å². The van der Waals surface area contributed by atoms with Crippen LogP contribution in [0.1, 0.15) is 24.4 Å². The number of hydrogen-bond donors (Lipinski definition) is 2. The van der Waals surface area contributed by atoms with Crippen molar-refractivity contribution < 1.29 is 8.78 Å². The van der Waals surface area contributed by atoms with Crippen LogP contribution in [-0.2, 0) is 0 Å². The molecule has 1 heterocycles. The zero-order valence-electron chi connectivity index (χ0n) is 8.34. The lowest BCUT2D eigenvalue weighted by Crippen LogP contribution is -2.42. The van der Waals surface area contributed by atoms with Crippen molar-refractivity contribution in [2.45, 2.75) is 24.9 Å². The van der Waals surface area contributed by atoms with Gasteiger partial charge in [-0.2, -0.15) is 0 Å². The van der Waals surface area contributed by atoms with Gasteiger partial charge in [-0.3, -0.25) is 0 Å². The molecule has 0 amide bonds. The highest BCUT2D eigenvalue weighted by atomic mass is 19.2. The van der Waals surface area contributed by atoms with E-state index in [1.54, 1.807) is 6.07 Å². The molecule has 3 N–H and O–H groups in total. The lowest BCUT2D eigenvalue weighted by Gasteiger charge is -2.30. The van der Waals surface area contributed by atoms with Crippen LogP contribution in [0.4, 0.5) is 8.78 Å². The zero-order valence-corrected chi connectivity index (χ0v) is 8.34. The van der Waals surface area contributed by atoms with E-state index in [0.29, 0.717) is 0 Å². The molecule has 1 saturated heterocycles. The number of rotatable bonds is 1. The molecule has 4 heteroatoms. The maximum absolute atomic E-state index is 13.0. The Balaban J connectivity index is 2.24. The monoisotopic (exact) mass is 212 g/mol. The van der Waals surface area contributed by atoms with Crippen LogP contribution >= 0.6 is 0 Å². The predicted octanol–water partition coefficient (Wildman–Crippen LogP) is 1.72. The number of nitrogens with one attached hydrogen (secondary N) is 1. The van der Waals surface area contributed by atoms with Crippen LogP contribution in [0.25, 0.3) is 0 Å². The number of halogens is 2.